The first-order valence-corrected chi connectivity index (χ1v) is 13.0. The van der Waals surface area contributed by atoms with Crippen LogP contribution in [0.2, 0.25) is 0 Å². The molecule has 0 aromatic heterocycles. The highest BCUT2D eigenvalue weighted by Gasteiger charge is 2.10. The van der Waals surface area contributed by atoms with Gasteiger partial charge in [0.25, 0.3) is 0 Å². The summed E-state index contributed by atoms with van der Waals surface area (Å²) < 4.78 is 27.3. The van der Waals surface area contributed by atoms with E-state index in [9.17, 15) is 13.7 Å². The summed E-state index contributed by atoms with van der Waals surface area (Å²) in [5, 5.41) is 25.8. The van der Waals surface area contributed by atoms with Gasteiger partial charge in [0.05, 0.1) is 22.4 Å². The number of nitrogens with two attached hydrogens (primary N) is 2. The molecule has 0 spiro atoms. The van der Waals surface area contributed by atoms with Crippen LogP contribution in [-0.4, -0.2) is 26.8 Å². The maximum Gasteiger partial charge on any atom is 0.380 e. The fourth-order valence-electron chi connectivity index (χ4n) is 2.48. The summed E-state index contributed by atoms with van der Waals surface area (Å²) in [6.45, 7) is 6.39. The van der Waals surface area contributed by atoms with Crippen LogP contribution in [0.5, 0.6) is 5.75 Å². The van der Waals surface area contributed by atoms with Crippen LogP contribution in [0.4, 0.5) is 5.69 Å². The van der Waals surface area contributed by atoms with Crippen LogP contribution in [0.25, 0.3) is 5.57 Å². The second-order valence-electron chi connectivity index (χ2n) is 6.23. The minimum Gasteiger partial charge on any atom is -0.390 e. The van der Waals surface area contributed by atoms with Crippen molar-refractivity contribution in [2.45, 2.75) is 13.5 Å². The van der Waals surface area contributed by atoms with Crippen LogP contribution in [0.3, 0.4) is 0 Å². The number of nitrogens with one attached hydrogen (secondary N) is 2. The minimum atomic E-state index is -4.08. The van der Waals surface area contributed by atoms with Crippen LogP contribution in [0.15, 0.2) is 63.9 Å². The molecule has 0 heterocycles. The lowest BCUT2D eigenvalue weighted by Crippen LogP contribution is -2.19. The van der Waals surface area contributed by atoms with Crippen molar-refractivity contribution in [2.24, 2.45) is 15.9 Å². The number of nitriles is 1. The molecule has 0 amide bonds. The highest BCUT2D eigenvalue weighted by atomic mass is 79.9. The highest BCUT2D eigenvalue weighted by molar-refractivity contribution is 9.10. The van der Waals surface area contributed by atoms with Crippen LogP contribution in [0, 0.1) is 16.7 Å². The Morgan fingerprint density at radius 3 is 2.62 bits per heavy atom. The molecule has 6 N–H and O–H groups in total. The number of thioether (sulfide) groups is 1. The number of benzene rings is 2. The first-order valence-electron chi connectivity index (χ1n) is 9.64. The molecule has 0 saturated carbocycles. The molecule has 12 heteroatoms. The summed E-state index contributed by atoms with van der Waals surface area (Å²) in [7, 11) is -4.08. The molecule has 2 aromatic carbocycles. The molecule has 0 saturated heterocycles. The second kappa shape index (κ2) is 14.9. The second-order valence-corrected chi connectivity index (χ2v) is 9.38. The van der Waals surface area contributed by atoms with Crippen molar-refractivity contribution in [3.8, 4) is 11.8 Å². The Kier molecular flexibility index (Phi) is 12.7. The topological polar surface area (TPSA) is 167 Å². The summed E-state index contributed by atoms with van der Waals surface area (Å²) in [5.41, 5.74) is 8.71. The maximum atomic E-state index is 11.1. The molecule has 9 nitrogen and oxygen atoms in total. The van der Waals surface area contributed by atoms with Crippen molar-refractivity contribution < 1.29 is 12.6 Å². The first-order chi connectivity index (χ1) is 16.2. The summed E-state index contributed by atoms with van der Waals surface area (Å²) >= 11 is 4.93. The van der Waals surface area contributed by atoms with Crippen molar-refractivity contribution in [2.75, 3.05) is 11.1 Å². The fourth-order valence-corrected chi connectivity index (χ4v) is 4.06. The standard InChI is InChI=1S/C20H20BrN3O3S2.C2H5N3/c1-3-15(13-28-4-2)18-10-17(7-6-16(18)11-22)24-12-14-5-8-20(19(21)9-14)27-29(23,25)26;3-1-5-2-4/h3,5-10,13,24H,1,4,12H2,2H3,(H2,23,25,26);1-2H,(H3,3,4,5)/b15-13+;. The zero-order valence-corrected chi connectivity index (χ0v) is 21.6. The minimum absolute atomic E-state index is 0.117. The van der Waals surface area contributed by atoms with Gasteiger partial charge in [0.2, 0.25) is 0 Å². The lowest BCUT2D eigenvalue weighted by Gasteiger charge is -2.12. The number of nitrogens with zero attached hydrogens (tertiary/aromatic N) is 2. The van der Waals surface area contributed by atoms with Gasteiger partial charge in [-0.1, -0.05) is 25.6 Å². The highest BCUT2D eigenvalue weighted by Crippen LogP contribution is 2.28. The number of hydrogen-bond donors (Lipinski definition) is 4. The Morgan fingerprint density at radius 1 is 1.38 bits per heavy atom. The van der Waals surface area contributed by atoms with E-state index in [1.54, 1.807) is 36.0 Å². The van der Waals surface area contributed by atoms with Gasteiger partial charge in [-0.3, -0.25) is 5.41 Å². The largest absolute Gasteiger partial charge is 0.390 e. The number of rotatable bonds is 10. The molecule has 0 fully saturated rings. The molecular formula is C22H25BrN6O3S2. The SMILES string of the molecule is C=C/C(=C\SCC)c1cc(NCc2ccc(OS(N)(=O)=O)c(Br)c2)ccc1C#N.N=CN=CN. The lowest BCUT2D eigenvalue weighted by atomic mass is 10.0. The zero-order chi connectivity index (χ0) is 25.6. The molecule has 0 radical (unpaired) electrons. The Hall–Kier alpha value is -3.11. The van der Waals surface area contributed by atoms with Gasteiger partial charge in [-0.25, -0.2) is 4.99 Å². The summed E-state index contributed by atoms with van der Waals surface area (Å²) in [6.07, 6.45) is 3.68. The molecule has 34 heavy (non-hydrogen) atoms. The molecule has 0 unspecified atom stereocenters. The number of aliphatic imine (C=N–C) groups is 1. The molecule has 0 aliphatic rings. The number of anilines is 1. The van der Waals surface area contributed by atoms with Crippen molar-refractivity contribution in [1.29, 1.82) is 10.7 Å². The van der Waals surface area contributed by atoms with Crippen molar-refractivity contribution in [1.82, 2.24) is 0 Å². The Morgan fingerprint density at radius 2 is 2.12 bits per heavy atom. The van der Waals surface area contributed by atoms with Crippen molar-refractivity contribution in [3.05, 3.63) is 75.6 Å². The van der Waals surface area contributed by atoms with E-state index in [0.717, 1.165) is 40.8 Å². The van der Waals surface area contributed by atoms with Crippen molar-refractivity contribution >= 4 is 61.9 Å². The Bertz CT molecular complexity index is 1210. The zero-order valence-electron chi connectivity index (χ0n) is 18.4. The van der Waals surface area contributed by atoms with E-state index in [4.69, 9.17) is 20.5 Å². The van der Waals surface area contributed by atoms with Gasteiger partial charge in [0.1, 0.15) is 6.34 Å². The average molecular weight is 566 g/mol. The van der Waals surface area contributed by atoms with E-state index in [0.29, 0.717) is 16.6 Å². The molecule has 0 atom stereocenters. The number of hydrogen-bond acceptors (Lipinski definition) is 7. The third-order valence-electron chi connectivity index (χ3n) is 3.91. The van der Waals surface area contributed by atoms with Gasteiger partial charge in [0.15, 0.2) is 5.75 Å². The number of halogens is 1. The Labute approximate surface area is 212 Å². The normalized spacial score (nSPS) is 11.2. The van der Waals surface area contributed by atoms with Gasteiger partial charge in [0, 0.05) is 17.8 Å². The smallest absolute Gasteiger partial charge is 0.380 e. The predicted molar refractivity (Wildman–Crippen MR) is 144 cm³/mol. The van der Waals surface area contributed by atoms with E-state index in [1.165, 1.54) is 6.07 Å². The predicted octanol–water partition coefficient (Wildman–Crippen LogP) is 4.38. The van der Waals surface area contributed by atoms with Gasteiger partial charge in [-0.05, 0) is 68.6 Å². The monoisotopic (exact) mass is 564 g/mol. The van der Waals surface area contributed by atoms with Gasteiger partial charge >= 0.3 is 10.3 Å². The lowest BCUT2D eigenvalue weighted by molar-refractivity contribution is 0.486. The van der Waals surface area contributed by atoms with Crippen LogP contribution < -0.4 is 20.4 Å². The van der Waals surface area contributed by atoms with Crippen LogP contribution in [0.1, 0.15) is 23.6 Å². The molecule has 180 valence electrons. The molecule has 2 aromatic rings. The van der Waals surface area contributed by atoms with Gasteiger partial charge in [-0.2, -0.15) is 18.8 Å². The van der Waals surface area contributed by atoms with E-state index in [-0.39, 0.29) is 5.75 Å². The van der Waals surface area contributed by atoms with Gasteiger partial charge in [-0.15, -0.1) is 11.8 Å². The van der Waals surface area contributed by atoms with Crippen molar-refractivity contribution in [3.63, 3.8) is 0 Å². The average Bonchev–Trinajstić information content (AvgIpc) is 2.80. The third kappa shape index (κ3) is 10.2. The fraction of sp³-hybridized carbons (Fsp3) is 0.136. The van der Waals surface area contributed by atoms with E-state index in [2.05, 4.69) is 45.8 Å². The van der Waals surface area contributed by atoms with E-state index >= 15 is 0 Å². The van der Waals surface area contributed by atoms with E-state index in [1.807, 2.05) is 17.5 Å². The number of allylic oxidation sites excluding steroid dienone is 2. The van der Waals surface area contributed by atoms with Crippen LogP contribution >= 0.6 is 27.7 Å². The quantitative estimate of drug-likeness (QED) is 0.188. The molecule has 0 bridgehead atoms. The molecule has 2 rings (SSSR count). The van der Waals surface area contributed by atoms with E-state index < -0.39 is 10.3 Å². The maximum absolute atomic E-state index is 11.1. The molecule has 0 aliphatic carbocycles. The molecular weight excluding hydrogens is 540 g/mol. The molecule has 0 aliphatic heterocycles. The third-order valence-corrected chi connectivity index (χ3v) is 5.69. The summed E-state index contributed by atoms with van der Waals surface area (Å²) in [5.74, 6) is 1.04. The first kappa shape index (κ1) is 28.9. The Balaban J connectivity index is 0.00000104. The summed E-state index contributed by atoms with van der Waals surface area (Å²) in [6, 6.07) is 12.7. The summed E-state index contributed by atoms with van der Waals surface area (Å²) in [4.78, 5) is 3.17. The van der Waals surface area contributed by atoms with Gasteiger partial charge < -0.3 is 15.2 Å². The van der Waals surface area contributed by atoms with Crippen LogP contribution in [-0.2, 0) is 16.8 Å².